The molecule has 164 valence electrons. The van der Waals surface area contributed by atoms with Crippen LogP contribution in [-0.2, 0) is 35.3 Å². The maximum atomic E-state index is 12.4. The lowest BCUT2D eigenvalue weighted by Gasteiger charge is -2.37. The summed E-state index contributed by atoms with van der Waals surface area (Å²) in [6.07, 6.45) is -0.137. The lowest BCUT2D eigenvalue weighted by atomic mass is 9.83. The van der Waals surface area contributed by atoms with Gasteiger partial charge in [0.05, 0.1) is 6.54 Å². The maximum Gasteiger partial charge on any atom is 0.329 e. The van der Waals surface area contributed by atoms with Gasteiger partial charge in [-0.3, -0.25) is 14.4 Å². The fourth-order valence-corrected chi connectivity index (χ4v) is 3.14. The summed E-state index contributed by atoms with van der Waals surface area (Å²) < 4.78 is 10.3. The zero-order chi connectivity index (χ0) is 22.3. The third-order valence-electron chi connectivity index (χ3n) is 5.24. The molecule has 8 heteroatoms. The number of hydrogen-bond donors (Lipinski definition) is 2. The highest BCUT2D eigenvalue weighted by Gasteiger charge is 2.49. The van der Waals surface area contributed by atoms with Crippen LogP contribution in [0.2, 0.25) is 0 Å². The van der Waals surface area contributed by atoms with Gasteiger partial charge in [0.2, 0.25) is 5.91 Å². The topological polar surface area (TPSA) is 111 Å². The Hall–Kier alpha value is -2.90. The Kier molecular flexibility index (Phi) is 8.38. The Morgan fingerprint density at radius 3 is 2.37 bits per heavy atom. The minimum atomic E-state index is -0.878. The molecule has 1 aliphatic rings. The summed E-state index contributed by atoms with van der Waals surface area (Å²) >= 11 is 0. The highest BCUT2D eigenvalue weighted by atomic mass is 16.6. The molecule has 2 N–H and O–H groups in total. The van der Waals surface area contributed by atoms with E-state index >= 15 is 0 Å². The molecule has 2 rings (SSSR count). The van der Waals surface area contributed by atoms with E-state index in [1.807, 2.05) is 44.2 Å². The van der Waals surface area contributed by atoms with Gasteiger partial charge in [-0.05, 0) is 17.4 Å². The first-order chi connectivity index (χ1) is 14.2. The van der Waals surface area contributed by atoms with E-state index in [2.05, 4.69) is 10.6 Å². The van der Waals surface area contributed by atoms with Gasteiger partial charge in [0.1, 0.15) is 18.6 Å². The van der Waals surface area contributed by atoms with Gasteiger partial charge in [-0.25, -0.2) is 4.79 Å². The van der Waals surface area contributed by atoms with Crippen molar-refractivity contribution in [3.63, 3.8) is 0 Å². The first-order valence-electron chi connectivity index (χ1n) is 10.2. The fourth-order valence-electron chi connectivity index (χ4n) is 3.14. The van der Waals surface area contributed by atoms with Crippen molar-refractivity contribution in [1.82, 2.24) is 10.6 Å². The van der Waals surface area contributed by atoms with Crippen molar-refractivity contribution < 1.29 is 28.7 Å². The van der Waals surface area contributed by atoms with Gasteiger partial charge in [-0.2, -0.15) is 0 Å². The van der Waals surface area contributed by atoms with Crippen molar-refractivity contribution in [2.75, 3.05) is 6.54 Å². The molecule has 1 saturated heterocycles. The standard InChI is InChI=1S/C22H30N2O6/c1-5-14(4)17-19(30-21(17)27)20(26)23-11-16(25)24-18(13(2)3)22(28)29-12-15-9-7-6-8-10-15/h6-10,13-14,17-19H,5,11-12H2,1-4H3,(H,23,26)(H,24,25). The van der Waals surface area contributed by atoms with Crippen molar-refractivity contribution in [2.45, 2.75) is 52.9 Å². The molecule has 0 bridgehead atoms. The monoisotopic (exact) mass is 418 g/mol. The molecule has 0 spiro atoms. The van der Waals surface area contributed by atoms with Crippen LogP contribution in [0.4, 0.5) is 0 Å². The normalized spacial score (nSPS) is 19.8. The molecule has 0 aliphatic carbocycles. The van der Waals surface area contributed by atoms with Crippen molar-refractivity contribution >= 4 is 23.8 Å². The van der Waals surface area contributed by atoms with Gasteiger partial charge >= 0.3 is 11.9 Å². The van der Waals surface area contributed by atoms with E-state index in [1.165, 1.54) is 0 Å². The molecule has 1 aromatic carbocycles. The van der Waals surface area contributed by atoms with Crippen LogP contribution >= 0.6 is 0 Å². The van der Waals surface area contributed by atoms with Crippen molar-refractivity contribution in [3.05, 3.63) is 35.9 Å². The van der Waals surface area contributed by atoms with E-state index in [-0.39, 0.29) is 25.0 Å². The number of amides is 2. The summed E-state index contributed by atoms with van der Waals surface area (Å²) in [6, 6.07) is 8.40. The summed E-state index contributed by atoms with van der Waals surface area (Å²) in [6.45, 7) is 7.18. The third kappa shape index (κ3) is 6.05. The Morgan fingerprint density at radius 2 is 1.80 bits per heavy atom. The van der Waals surface area contributed by atoms with Crippen molar-refractivity contribution in [3.8, 4) is 0 Å². The number of carbonyl (C=O) groups is 4. The van der Waals surface area contributed by atoms with Gasteiger partial charge < -0.3 is 20.1 Å². The predicted molar refractivity (Wildman–Crippen MR) is 109 cm³/mol. The molecule has 2 amide bonds. The number of cyclic esters (lactones) is 1. The number of esters is 2. The van der Waals surface area contributed by atoms with Crippen LogP contribution in [0.3, 0.4) is 0 Å². The Labute approximate surface area is 176 Å². The van der Waals surface area contributed by atoms with E-state index in [1.54, 1.807) is 13.8 Å². The second-order valence-electron chi connectivity index (χ2n) is 7.87. The number of nitrogens with one attached hydrogen (secondary N) is 2. The van der Waals surface area contributed by atoms with Gasteiger partial charge in [-0.15, -0.1) is 0 Å². The third-order valence-corrected chi connectivity index (χ3v) is 5.24. The van der Waals surface area contributed by atoms with E-state index in [4.69, 9.17) is 9.47 Å². The lowest BCUT2D eigenvalue weighted by molar-refractivity contribution is -0.193. The van der Waals surface area contributed by atoms with Crippen LogP contribution in [0.5, 0.6) is 0 Å². The number of hydrogen-bond acceptors (Lipinski definition) is 6. The van der Waals surface area contributed by atoms with Crippen LogP contribution in [-0.4, -0.2) is 42.4 Å². The highest BCUT2D eigenvalue weighted by molar-refractivity contribution is 5.96. The second kappa shape index (κ2) is 10.8. The number of carbonyl (C=O) groups excluding carboxylic acids is 4. The zero-order valence-electron chi connectivity index (χ0n) is 17.8. The van der Waals surface area contributed by atoms with Gasteiger partial charge in [0, 0.05) is 0 Å². The predicted octanol–water partition coefficient (Wildman–Crippen LogP) is 1.57. The average molecular weight is 418 g/mol. The number of rotatable bonds is 10. The molecule has 1 fully saturated rings. The molecule has 1 heterocycles. The average Bonchev–Trinajstić information content (AvgIpc) is 2.72. The molecular weight excluding hydrogens is 388 g/mol. The summed E-state index contributed by atoms with van der Waals surface area (Å²) in [5.41, 5.74) is 0.845. The quantitative estimate of drug-likeness (QED) is 0.558. The smallest absolute Gasteiger partial charge is 0.329 e. The highest BCUT2D eigenvalue weighted by Crippen LogP contribution is 2.31. The molecule has 0 aromatic heterocycles. The van der Waals surface area contributed by atoms with Crippen LogP contribution in [0.1, 0.15) is 39.7 Å². The van der Waals surface area contributed by atoms with Crippen molar-refractivity contribution in [1.29, 1.82) is 0 Å². The second-order valence-corrected chi connectivity index (χ2v) is 7.87. The van der Waals surface area contributed by atoms with Crippen LogP contribution in [0.15, 0.2) is 30.3 Å². The van der Waals surface area contributed by atoms with E-state index in [0.29, 0.717) is 0 Å². The van der Waals surface area contributed by atoms with E-state index < -0.39 is 41.8 Å². The lowest BCUT2D eigenvalue weighted by Crippen LogP contribution is -2.57. The summed E-state index contributed by atoms with van der Waals surface area (Å²) in [5, 5.41) is 5.08. The summed E-state index contributed by atoms with van der Waals surface area (Å²) in [4.78, 5) is 48.5. The minimum Gasteiger partial charge on any atom is -0.459 e. The molecule has 1 aromatic rings. The maximum absolute atomic E-state index is 12.4. The SMILES string of the molecule is CCC(C)C1C(=O)OC1C(=O)NCC(=O)NC(C(=O)OCc1ccccc1)C(C)C. The molecule has 0 saturated carbocycles. The van der Waals surface area contributed by atoms with Crippen LogP contribution in [0.25, 0.3) is 0 Å². The van der Waals surface area contributed by atoms with E-state index in [0.717, 1.165) is 12.0 Å². The Balaban J connectivity index is 1.82. The minimum absolute atomic E-state index is 0.0144. The fraction of sp³-hybridized carbons (Fsp3) is 0.545. The largest absolute Gasteiger partial charge is 0.459 e. The van der Waals surface area contributed by atoms with Gasteiger partial charge in [0.25, 0.3) is 5.91 Å². The van der Waals surface area contributed by atoms with Crippen LogP contribution in [0, 0.1) is 17.8 Å². The van der Waals surface area contributed by atoms with Crippen molar-refractivity contribution in [2.24, 2.45) is 17.8 Å². The molecule has 0 radical (unpaired) electrons. The molecule has 8 nitrogen and oxygen atoms in total. The number of ether oxygens (including phenoxy) is 2. The molecule has 4 atom stereocenters. The molecule has 4 unspecified atom stereocenters. The Morgan fingerprint density at radius 1 is 1.13 bits per heavy atom. The zero-order valence-corrected chi connectivity index (χ0v) is 17.8. The summed E-state index contributed by atoms with van der Waals surface area (Å²) in [7, 11) is 0. The Bertz CT molecular complexity index is 764. The van der Waals surface area contributed by atoms with Gasteiger partial charge in [-0.1, -0.05) is 64.4 Å². The van der Waals surface area contributed by atoms with Crippen LogP contribution < -0.4 is 10.6 Å². The molecule has 30 heavy (non-hydrogen) atoms. The summed E-state index contributed by atoms with van der Waals surface area (Å²) in [5.74, 6) is -2.65. The molecular formula is C22H30N2O6. The van der Waals surface area contributed by atoms with E-state index in [9.17, 15) is 19.2 Å². The first-order valence-corrected chi connectivity index (χ1v) is 10.2. The number of benzene rings is 1. The first kappa shape index (κ1) is 23.4. The van der Waals surface area contributed by atoms with Gasteiger partial charge in [0.15, 0.2) is 6.10 Å². The molecule has 1 aliphatic heterocycles.